The maximum atomic E-state index is 4.97. The first-order chi connectivity index (χ1) is 17.1. The van der Waals surface area contributed by atoms with Crippen LogP contribution in [0.3, 0.4) is 0 Å². The molecule has 180 valence electrons. The van der Waals surface area contributed by atoms with Gasteiger partial charge in [-0.3, -0.25) is 4.48 Å². The average molecular weight is 463 g/mol. The predicted octanol–water partition coefficient (Wildman–Crippen LogP) is 6.16. The molecule has 0 amide bonds. The molecule has 35 heavy (non-hydrogen) atoms. The van der Waals surface area contributed by atoms with Gasteiger partial charge in [-0.05, 0) is 54.3 Å². The Bertz CT molecular complexity index is 1060. The van der Waals surface area contributed by atoms with Crippen molar-refractivity contribution in [3.63, 3.8) is 0 Å². The highest BCUT2D eigenvalue weighted by Gasteiger charge is 2.10. The second-order valence-electron chi connectivity index (χ2n) is 8.89. The zero-order chi connectivity index (χ0) is 25.7. The summed E-state index contributed by atoms with van der Waals surface area (Å²) in [5.41, 5.74) is 0. The van der Waals surface area contributed by atoms with E-state index in [-0.39, 0.29) is 0 Å². The van der Waals surface area contributed by atoms with Gasteiger partial charge in [0.15, 0.2) is 6.04 Å². The fourth-order valence-corrected chi connectivity index (χ4v) is 3.32. The first-order valence-corrected chi connectivity index (χ1v) is 12.9. The maximum Gasteiger partial charge on any atom is 0.151 e. The molecule has 0 aliphatic carbocycles. The molecule has 0 saturated heterocycles. The van der Waals surface area contributed by atoms with Crippen LogP contribution in [0.5, 0.6) is 0 Å². The Labute approximate surface area is 217 Å². The lowest BCUT2D eigenvalue weighted by atomic mass is 10.0. The van der Waals surface area contributed by atoms with Crippen LogP contribution < -0.4 is 0 Å². The van der Waals surface area contributed by atoms with Gasteiger partial charge in [0, 0.05) is 35.5 Å². The highest BCUT2D eigenvalue weighted by molar-refractivity contribution is 5.45. The average Bonchev–Trinajstić information content (AvgIpc) is 2.84. The van der Waals surface area contributed by atoms with E-state index in [4.69, 9.17) is 6.42 Å². The van der Waals surface area contributed by atoms with Gasteiger partial charge in [-0.15, -0.1) is 6.42 Å². The molecule has 0 aromatic rings. The molecule has 1 nitrogen and oxygen atoms in total. The van der Waals surface area contributed by atoms with Crippen LogP contribution >= 0.6 is 0 Å². The fourth-order valence-electron chi connectivity index (χ4n) is 3.32. The topological polar surface area (TPSA) is 0 Å². The molecule has 0 spiro atoms. The first-order valence-electron chi connectivity index (χ1n) is 12.9. The molecular formula is C34H40N+. The van der Waals surface area contributed by atoms with Crippen LogP contribution in [0.15, 0.2) is 0 Å². The molecular weight excluding hydrogens is 422 g/mol. The number of rotatable bonds is 15. The first kappa shape index (κ1) is 31.4. The van der Waals surface area contributed by atoms with Crippen molar-refractivity contribution in [1.29, 1.82) is 0 Å². The van der Waals surface area contributed by atoms with E-state index in [1.807, 2.05) is 0 Å². The molecule has 0 radical (unpaired) electrons. The van der Waals surface area contributed by atoms with Gasteiger partial charge in [-0.2, -0.15) is 0 Å². The van der Waals surface area contributed by atoms with Crippen LogP contribution in [0.4, 0.5) is 0 Å². The monoisotopic (exact) mass is 462 g/mol. The zero-order valence-electron chi connectivity index (χ0n) is 22.1. The third kappa shape index (κ3) is 26.6. The minimum Gasteiger partial charge on any atom is -0.250 e. The summed E-state index contributed by atoms with van der Waals surface area (Å²) in [4.78, 5) is 0. The van der Waals surface area contributed by atoms with Crippen LogP contribution in [0.2, 0.25) is 0 Å². The van der Waals surface area contributed by atoms with Crippen molar-refractivity contribution < 1.29 is 4.48 Å². The summed E-state index contributed by atoms with van der Waals surface area (Å²) in [6.45, 7) is 3.32. The van der Waals surface area contributed by atoms with Crippen molar-refractivity contribution in [2.24, 2.45) is 0 Å². The molecule has 0 saturated carbocycles. The molecule has 0 aromatic carbocycles. The standard InChI is InChI=1S/C34H40N/c1-5-7-9-11-13-15-17-19-21-23-25-27-29-31-33-35(3,4)34-32-30-28-26-24-22-20-18-16-14-12-10-8-6-2/h1H,6,8,10,12,14,16,18,20,22,24,26,28,30,32,34H2,2-4H3/q+1. The normalized spacial score (nSPS) is 8.51. The summed E-state index contributed by atoms with van der Waals surface area (Å²) in [6, 6.07) is 3.19. The van der Waals surface area contributed by atoms with Crippen LogP contribution in [0.25, 0.3) is 0 Å². The Morgan fingerprint density at radius 3 is 1.11 bits per heavy atom. The van der Waals surface area contributed by atoms with Crippen molar-refractivity contribution in [3.05, 3.63) is 0 Å². The number of hydrogen-bond acceptors (Lipinski definition) is 0. The smallest absolute Gasteiger partial charge is 0.151 e. The molecule has 0 rings (SSSR count). The highest BCUT2D eigenvalue weighted by Crippen LogP contribution is 2.13. The number of quaternary nitrogens is 1. The van der Waals surface area contributed by atoms with Crippen molar-refractivity contribution in [1.82, 2.24) is 0 Å². The second-order valence-corrected chi connectivity index (χ2v) is 8.89. The van der Waals surface area contributed by atoms with Crippen molar-refractivity contribution >= 4 is 0 Å². The van der Waals surface area contributed by atoms with E-state index in [1.54, 1.807) is 0 Å². The van der Waals surface area contributed by atoms with Crippen LogP contribution in [0, 0.1) is 95.4 Å². The van der Waals surface area contributed by atoms with E-state index >= 15 is 0 Å². The Balaban J connectivity index is 3.89. The van der Waals surface area contributed by atoms with E-state index < -0.39 is 0 Å². The SMILES string of the molecule is C#CC#CC#CC#CC#CC#CC#CC#C[N+](C)(C)CCCCCCCCCCCCCCCC. The van der Waals surface area contributed by atoms with Crippen molar-refractivity contribution in [2.75, 3.05) is 20.6 Å². The summed E-state index contributed by atoms with van der Waals surface area (Å²) in [7, 11) is 4.24. The Kier molecular flexibility index (Phi) is 22.5. The van der Waals surface area contributed by atoms with Gasteiger partial charge < -0.3 is 0 Å². The Morgan fingerprint density at radius 1 is 0.429 bits per heavy atom. The largest absolute Gasteiger partial charge is 0.250 e. The summed E-state index contributed by atoms with van der Waals surface area (Å²) in [5.74, 6) is 35.9. The maximum absolute atomic E-state index is 4.97. The predicted molar refractivity (Wildman–Crippen MR) is 151 cm³/mol. The highest BCUT2D eigenvalue weighted by atomic mass is 15.3. The summed E-state index contributed by atoms with van der Waals surface area (Å²) in [6.07, 6.45) is 24.2. The van der Waals surface area contributed by atoms with Gasteiger partial charge in [-0.25, -0.2) is 0 Å². The minimum absolute atomic E-state index is 0.655. The van der Waals surface area contributed by atoms with Gasteiger partial charge >= 0.3 is 0 Å². The third-order valence-corrected chi connectivity index (χ3v) is 5.25. The number of unbranched alkanes of at least 4 members (excludes halogenated alkanes) is 13. The van der Waals surface area contributed by atoms with Gasteiger partial charge in [-0.1, -0.05) is 84.0 Å². The molecule has 0 fully saturated rings. The molecule has 0 unspecified atom stereocenters. The van der Waals surface area contributed by atoms with Crippen LogP contribution in [-0.4, -0.2) is 25.1 Å². The molecule has 0 heterocycles. The fraction of sp³-hybridized carbons (Fsp3) is 0.529. The molecule has 0 atom stereocenters. The van der Waals surface area contributed by atoms with E-state index in [9.17, 15) is 0 Å². The Morgan fingerprint density at radius 2 is 0.743 bits per heavy atom. The quantitative estimate of drug-likeness (QED) is 0.155. The minimum atomic E-state index is 0.655. The van der Waals surface area contributed by atoms with E-state index in [2.05, 4.69) is 110 Å². The van der Waals surface area contributed by atoms with Crippen molar-refractivity contribution in [2.45, 2.75) is 96.8 Å². The Hall–Kier alpha value is -3.56. The lowest BCUT2D eigenvalue weighted by Gasteiger charge is -2.20. The molecule has 0 bridgehead atoms. The zero-order valence-corrected chi connectivity index (χ0v) is 22.1. The van der Waals surface area contributed by atoms with Crippen LogP contribution in [0.1, 0.15) is 96.8 Å². The van der Waals surface area contributed by atoms with E-state index in [0.717, 1.165) is 6.54 Å². The molecule has 0 N–H and O–H groups in total. The summed E-state index contributed by atoms with van der Waals surface area (Å²) < 4.78 is 0.655. The molecule has 0 aliphatic heterocycles. The number of nitrogens with zero attached hydrogens (tertiary/aromatic N) is 1. The summed E-state index contributed by atoms with van der Waals surface area (Å²) in [5, 5.41) is 0. The molecule has 0 aromatic heterocycles. The van der Waals surface area contributed by atoms with Crippen molar-refractivity contribution in [3.8, 4) is 95.4 Å². The third-order valence-electron chi connectivity index (χ3n) is 5.25. The molecule has 0 aliphatic rings. The van der Waals surface area contributed by atoms with E-state index in [1.165, 1.54) is 89.9 Å². The summed E-state index contributed by atoms with van der Waals surface area (Å²) >= 11 is 0. The van der Waals surface area contributed by atoms with Gasteiger partial charge in [0.1, 0.15) is 0 Å². The van der Waals surface area contributed by atoms with Gasteiger partial charge in [0.25, 0.3) is 0 Å². The number of hydrogen-bond donors (Lipinski definition) is 0. The van der Waals surface area contributed by atoms with Crippen LogP contribution in [-0.2, 0) is 0 Å². The lowest BCUT2D eigenvalue weighted by Crippen LogP contribution is -2.34. The van der Waals surface area contributed by atoms with Gasteiger partial charge in [0.05, 0.1) is 26.6 Å². The van der Waals surface area contributed by atoms with Gasteiger partial charge in [0.2, 0.25) is 0 Å². The van der Waals surface area contributed by atoms with E-state index in [0.29, 0.717) is 4.48 Å². The number of terminal acetylenes is 1. The molecule has 1 heteroatoms. The lowest BCUT2D eigenvalue weighted by molar-refractivity contribution is -0.822. The second kappa shape index (κ2) is 25.1.